The predicted molar refractivity (Wildman–Crippen MR) is 80.8 cm³/mol. The van der Waals surface area contributed by atoms with Crippen LogP contribution in [0.2, 0.25) is 0 Å². The summed E-state index contributed by atoms with van der Waals surface area (Å²) in [6.45, 7) is 0. The summed E-state index contributed by atoms with van der Waals surface area (Å²) in [5.41, 5.74) is 6.20. The van der Waals surface area contributed by atoms with Crippen LogP contribution in [0.5, 0.6) is 0 Å². The summed E-state index contributed by atoms with van der Waals surface area (Å²) >= 11 is 3.36. The molecule has 0 unspecified atom stereocenters. The van der Waals surface area contributed by atoms with Gasteiger partial charge in [0.15, 0.2) is 0 Å². The first-order valence-electron chi connectivity index (χ1n) is 6.86. The van der Waals surface area contributed by atoms with Crippen molar-refractivity contribution in [3.8, 4) is 0 Å². The van der Waals surface area contributed by atoms with Gasteiger partial charge in [-0.3, -0.25) is 4.79 Å². The Bertz CT molecular complexity index is 442. The van der Waals surface area contributed by atoms with Crippen molar-refractivity contribution in [1.82, 2.24) is 4.98 Å². The summed E-state index contributed by atoms with van der Waals surface area (Å²) in [5.74, 6) is 1.12. The first-order chi connectivity index (χ1) is 9.15. The van der Waals surface area contributed by atoms with Crippen molar-refractivity contribution in [2.45, 2.75) is 44.9 Å². The Kier molecular flexibility index (Phi) is 5.19. The molecule has 3 N–H and O–H groups in total. The molecular weight excluding hydrogens is 306 g/mol. The zero-order chi connectivity index (χ0) is 13.7. The standard InChI is InChI=1S/C14H20BrN3O/c15-12-8-11(16)9-17-14(12)18-13(19)7-10-5-3-1-2-4-6-10/h8-10H,1-7,16H2,(H,17,18,19). The lowest BCUT2D eigenvalue weighted by atomic mass is 9.96. The molecule has 5 heteroatoms. The third-order valence-electron chi connectivity index (χ3n) is 3.57. The van der Waals surface area contributed by atoms with Crippen molar-refractivity contribution in [2.75, 3.05) is 11.1 Å². The molecule has 1 aromatic heterocycles. The first-order valence-corrected chi connectivity index (χ1v) is 7.65. The lowest BCUT2D eigenvalue weighted by molar-refractivity contribution is -0.117. The minimum absolute atomic E-state index is 0.0462. The van der Waals surface area contributed by atoms with Gasteiger partial charge >= 0.3 is 0 Å². The fourth-order valence-corrected chi connectivity index (χ4v) is 3.02. The van der Waals surface area contributed by atoms with Gasteiger partial charge in [0, 0.05) is 6.42 Å². The molecule has 0 bridgehead atoms. The zero-order valence-electron chi connectivity index (χ0n) is 11.0. The molecule has 1 heterocycles. The van der Waals surface area contributed by atoms with E-state index in [-0.39, 0.29) is 5.91 Å². The Hall–Kier alpha value is -1.10. The number of anilines is 2. The van der Waals surface area contributed by atoms with Crippen LogP contribution in [0.4, 0.5) is 11.5 Å². The van der Waals surface area contributed by atoms with E-state index in [1.165, 1.54) is 38.5 Å². The van der Waals surface area contributed by atoms with Crippen molar-refractivity contribution < 1.29 is 4.79 Å². The molecule has 1 saturated carbocycles. The van der Waals surface area contributed by atoms with Gasteiger partial charge in [0.1, 0.15) is 5.82 Å². The minimum Gasteiger partial charge on any atom is -0.397 e. The third-order valence-corrected chi connectivity index (χ3v) is 4.17. The number of hydrogen-bond donors (Lipinski definition) is 2. The average Bonchev–Trinajstić information content (AvgIpc) is 2.61. The maximum absolute atomic E-state index is 12.0. The number of halogens is 1. The molecule has 1 aliphatic rings. The van der Waals surface area contributed by atoms with Gasteiger partial charge in [-0.05, 0) is 40.8 Å². The van der Waals surface area contributed by atoms with E-state index in [1.807, 2.05) is 0 Å². The lowest BCUT2D eigenvalue weighted by Gasteiger charge is -2.13. The number of nitrogen functional groups attached to an aromatic ring is 1. The van der Waals surface area contributed by atoms with Gasteiger partial charge in [0.25, 0.3) is 0 Å². The molecule has 0 radical (unpaired) electrons. The van der Waals surface area contributed by atoms with E-state index >= 15 is 0 Å². The largest absolute Gasteiger partial charge is 0.397 e. The van der Waals surface area contributed by atoms with Crippen LogP contribution in [0.1, 0.15) is 44.9 Å². The van der Waals surface area contributed by atoms with Crippen LogP contribution < -0.4 is 11.1 Å². The Labute approximate surface area is 122 Å². The van der Waals surface area contributed by atoms with Crippen LogP contribution in [-0.4, -0.2) is 10.9 Å². The molecule has 4 nitrogen and oxygen atoms in total. The molecule has 0 atom stereocenters. The summed E-state index contributed by atoms with van der Waals surface area (Å²) in [7, 11) is 0. The second-order valence-corrected chi connectivity index (χ2v) is 6.06. The van der Waals surface area contributed by atoms with E-state index in [0.717, 1.165) is 4.47 Å². The van der Waals surface area contributed by atoms with Crippen molar-refractivity contribution in [3.05, 3.63) is 16.7 Å². The summed E-state index contributed by atoms with van der Waals surface area (Å²) < 4.78 is 0.724. The van der Waals surface area contributed by atoms with E-state index in [0.29, 0.717) is 23.8 Å². The number of pyridine rings is 1. The number of amides is 1. The fraction of sp³-hybridized carbons (Fsp3) is 0.571. The second-order valence-electron chi connectivity index (χ2n) is 5.21. The molecule has 104 valence electrons. The highest BCUT2D eigenvalue weighted by molar-refractivity contribution is 9.10. The first kappa shape index (κ1) is 14.3. The molecule has 1 amide bonds. The van der Waals surface area contributed by atoms with Gasteiger partial charge < -0.3 is 11.1 Å². The molecule has 1 aromatic rings. The number of carbonyl (C=O) groups excluding carboxylic acids is 1. The fourth-order valence-electron chi connectivity index (χ4n) is 2.56. The lowest BCUT2D eigenvalue weighted by Crippen LogP contribution is -2.17. The van der Waals surface area contributed by atoms with E-state index in [9.17, 15) is 4.79 Å². The Morgan fingerprint density at radius 1 is 1.37 bits per heavy atom. The van der Waals surface area contributed by atoms with Crippen LogP contribution in [-0.2, 0) is 4.79 Å². The highest BCUT2D eigenvalue weighted by atomic mass is 79.9. The summed E-state index contributed by atoms with van der Waals surface area (Å²) in [4.78, 5) is 16.2. The predicted octanol–water partition coefficient (Wildman–Crippen LogP) is 3.73. The number of nitrogens with two attached hydrogens (primary N) is 1. The van der Waals surface area contributed by atoms with Crippen LogP contribution >= 0.6 is 15.9 Å². The quantitative estimate of drug-likeness (QED) is 0.832. The molecule has 0 aliphatic heterocycles. The number of rotatable bonds is 3. The number of carbonyl (C=O) groups is 1. The molecule has 1 aliphatic carbocycles. The van der Waals surface area contributed by atoms with Gasteiger partial charge in [-0.1, -0.05) is 25.7 Å². The van der Waals surface area contributed by atoms with E-state index < -0.39 is 0 Å². The van der Waals surface area contributed by atoms with Gasteiger partial charge in [0.05, 0.1) is 16.4 Å². The van der Waals surface area contributed by atoms with Gasteiger partial charge in [0.2, 0.25) is 5.91 Å². The minimum atomic E-state index is 0.0462. The van der Waals surface area contributed by atoms with Gasteiger partial charge in [-0.15, -0.1) is 0 Å². The Morgan fingerprint density at radius 2 is 2.05 bits per heavy atom. The molecule has 1 fully saturated rings. The number of hydrogen-bond acceptors (Lipinski definition) is 3. The molecule has 0 spiro atoms. The number of aromatic nitrogens is 1. The Balaban J connectivity index is 1.89. The van der Waals surface area contributed by atoms with Crippen molar-refractivity contribution in [1.29, 1.82) is 0 Å². The van der Waals surface area contributed by atoms with Gasteiger partial charge in [-0.25, -0.2) is 4.98 Å². The van der Waals surface area contributed by atoms with Gasteiger partial charge in [-0.2, -0.15) is 0 Å². The monoisotopic (exact) mass is 325 g/mol. The number of nitrogens with one attached hydrogen (secondary N) is 1. The molecule has 0 saturated heterocycles. The van der Waals surface area contributed by atoms with Crippen LogP contribution in [0.15, 0.2) is 16.7 Å². The smallest absolute Gasteiger partial charge is 0.225 e. The van der Waals surface area contributed by atoms with E-state index in [4.69, 9.17) is 5.73 Å². The maximum atomic E-state index is 12.0. The molecular formula is C14H20BrN3O. The van der Waals surface area contributed by atoms with Crippen molar-refractivity contribution in [3.63, 3.8) is 0 Å². The second kappa shape index (κ2) is 6.89. The zero-order valence-corrected chi connectivity index (χ0v) is 12.6. The van der Waals surface area contributed by atoms with Crippen LogP contribution in [0, 0.1) is 5.92 Å². The van der Waals surface area contributed by atoms with E-state index in [1.54, 1.807) is 12.3 Å². The highest BCUT2D eigenvalue weighted by Gasteiger charge is 2.17. The SMILES string of the molecule is Nc1cnc(NC(=O)CC2CCCCCC2)c(Br)c1. The van der Waals surface area contributed by atoms with Crippen molar-refractivity contribution >= 4 is 33.3 Å². The third kappa shape index (κ3) is 4.49. The molecule has 19 heavy (non-hydrogen) atoms. The van der Waals surface area contributed by atoms with E-state index in [2.05, 4.69) is 26.2 Å². The average molecular weight is 326 g/mol. The van der Waals surface area contributed by atoms with Crippen LogP contribution in [0.25, 0.3) is 0 Å². The normalized spacial score (nSPS) is 16.9. The molecule has 2 rings (SSSR count). The summed E-state index contributed by atoms with van der Waals surface area (Å²) in [5, 5.41) is 2.85. The Morgan fingerprint density at radius 3 is 2.68 bits per heavy atom. The van der Waals surface area contributed by atoms with Crippen LogP contribution in [0.3, 0.4) is 0 Å². The topological polar surface area (TPSA) is 68.0 Å². The summed E-state index contributed by atoms with van der Waals surface area (Å²) in [6, 6.07) is 1.74. The maximum Gasteiger partial charge on any atom is 0.225 e. The number of nitrogens with zero attached hydrogens (tertiary/aromatic N) is 1. The van der Waals surface area contributed by atoms with Crippen molar-refractivity contribution in [2.24, 2.45) is 5.92 Å². The molecule has 0 aromatic carbocycles. The highest BCUT2D eigenvalue weighted by Crippen LogP contribution is 2.27. The summed E-state index contributed by atoms with van der Waals surface area (Å²) in [6.07, 6.45) is 9.61.